The number of rotatable bonds is 7. The number of carbonyl (C=O) groups excluding carboxylic acids is 1. The van der Waals surface area contributed by atoms with Crippen LogP contribution in [-0.4, -0.2) is 23.0 Å². The Labute approximate surface area is 169 Å². The Balaban J connectivity index is 1.86. The predicted molar refractivity (Wildman–Crippen MR) is 114 cm³/mol. The highest BCUT2D eigenvalue weighted by atomic mass is 16.5. The average Bonchev–Trinajstić information content (AvgIpc) is 3.20. The van der Waals surface area contributed by atoms with Gasteiger partial charge in [0.25, 0.3) is 0 Å². The smallest absolute Gasteiger partial charge is 0.312 e. The molecule has 0 spiro atoms. The maximum Gasteiger partial charge on any atom is 0.312 e. The lowest BCUT2D eigenvalue weighted by atomic mass is 9.97. The van der Waals surface area contributed by atoms with E-state index in [2.05, 4.69) is 15.6 Å². The van der Waals surface area contributed by atoms with Gasteiger partial charge in [-0.25, -0.2) is 5.32 Å². The summed E-state index contributed by atoms with van der Waals surface area (Å²) in [6, 6.07) is 9.95. The molecular weight excluding hydrogens is 370 g/mol. The van der Waals surface area contributed by atoms with E-state index in [9.17, 15) is 9.90 Å². The van der Waals surface area contributed by atoms with Crippen molar-refractivity contribution in [3.63, 3.8) is 0 Å². The number of aryl methyl sites for hydroxylation is 1. The van der Waals surface area contributed by atoms with Gasteiger partial charge < -0.3 is 26.6 Å². The summed E-state index contributed by atoms with van der Waals surface area (Å²) in [5, 5.41) is 15.7. The zero-order valence-electron chi connectivity index (χ0n) is 16.3. The second-order valence-electron chi connectivity index (χ2n) is 6.80. The quantitative estimate of drug-likeness (QED) is 0.455. The molecule has 1 aliphatic heterocycles. The fraction of sp³-hybridized carbons (Fsp3) is 0.238. The van der Waals surface area contributed by atoms with Crippen molar-refractivity contribution in [3.8, 4) is 11.5 Å². The molecule has 2 aromatic rings. The number of nitrogen functional groups attached to an aromatic ring is 2. The highest BCUT2D eigenvalue weighted by molar-refractivity contribution is 6.09. The fourth-order valence-electron chi connectivity index (χ4n) is 3.05. The summed E-state index contributed by atoms with van der Waals surface area (Å²) in [7, 11) is 0. The first-order chi connectivity index (χ1) is 13.9. The van der Waals surface area contributed by atoms with E-state index in [4.69, 9.17) is 16.2 Å². The first-order valence-electron chi connectivity index (χ1n) is 9.30. The molecule has 0 fully saturated rings. The van der Waals surface area contributed by atoms with Gasteiger partial charge >= 0.3 is 5.84 Å². The number of nitrogens with zero attached hydrogens (tertiary/aromatic N) is 1. The van der Waals surface area contributed by atoms with Crippen molar-refractivity contribution in [2.24, 2.45) is 5.92 Å². The van der Waals surface area contributed by atoms with Crippen LogP contribution in [0, 0.1) is 12.8 Å². The van der Waals surface area contributed by atoms with Gasteiger partial charge in [0.2, 0.25) is 5.91 Å². The van der Waals surface area contributed by atoms with Gasteiger partial charge in [0, 0.05) is 17.4 Å². The van der Waals surface area contributed by atoms with Crippen LogP contribution in [0.5, 0.6) is 11.5 Å². The molecule has 0 saturated carbocycles. The van der Waals surface area contributed by atoms with Crippen LogP contribution in [0.15, 0.2) is 48.8 Å². The molecule has 1 heterocycles. The van der Waals surface area contributed by atoms with Crippen molar-refractivity contribution in [1.29, 1.82) is 0 Å². The van der Waals surface area contributed by atoms with E-state index >= 15 is 0 Å². The van der Waals surface area contributed by atoms with Crippen molar-refractivity contribution >= 4 is 28.8 Å². The molecule has 0 aliphatic carbocycles. The Bertz CT molecular complexity index is 971. The highest BCUT2D eigenvalue weighted by Gasteiger charge is 2.40. The molecule has 2 atom stereocenters. The zero-order chi connectivity index (χ0) is 21.0. The number of carbonyl (C=O) groups is 1. The third-order valence-electron chi connectivity index (χ3n) is 4.66. The molecule has 2 aromatic carbocycles. The molecule has 0 saturated heterocycles. The van der Waals surface area contributed by atoms with Gasteiger partial charge in [-0.3, -0.25) is 4.79 Å². The van der Waals surface area contributed by atoms with E-state index in [0.29, 0.717) is 35.1 Å². The summed E-state index contributed by atoms with van der Waals surface area (Å²) in [5.41, 5.74) is 13.9. The van der Waals surface area contributed by atoms with Crippen LogP contribution in [0.3, 0.4) is 0 Å². The number of nitrogens with one attached hydrogen (secondary N) is 2. The Morgan fingerprint density at radius 2 is 2.07 bits per heavy atom. The number of aliphatic imine (C=N–C) groups is 1. The number of nitrogens with two attached hydrogens (primary N) is 2. The van der Waals surface area contributed by atoms with Crippen LogP contribution in [0.25, 0.3) is 0 Å². The van der Waals surface area contributed by atoms with Gasteiger partial charge in [0.1, 0.15) is 23.8 Å². The number of ether oxygens (including phenoxy) is 1. The van der Waals surface area contributed by atoms with E-state index in [-0.39, 0.29) is 11.7 Å². The van der Waals surface area contributed by atoms with Gasteiger partial charge in [-0.15, -0.1) is 0 Å². The van der Waals surface area contributed by atoms with Gasteiger partial charge in [-0.2, -0.15) is 0 Å². The van der Waals surface area contributed by atoms with Crippen LogP contribution < -0.4 is 31.8 Å². The van der Waals surface area contributed by atoms with Gasteiger partial charge in [-0.05, 0) is 48.2 Å². The first kappa shape index (κ1) is 20.1. The number of hydrogen-bond acceptors (Lipinski definition) is 7. The van der Waals surface area contributed by atoms with Gasteiger partial charge in [0.05, 0.1) is 5.69 Å². The maximum atomic E-state index is 13.2. The molecule has 0 aromatic heterocycles. The van der Waals surface area contributed by atoms with Crippen molar-refractivity contribution < 1.29 is 14.6 Å². The maximum absolute atomic E-state index is 13.2. The Hall–Kier alpha value is -3.68. The van der Waals surface area contributed by atoms with Crippen LogP contribution in [0.4, 0.5) is 17.1 Å². The predicted octanol–water partition coefficient (Wildman–Crippen LogP) is 2.09. The summed E-state index contributed by atoms with van der Waals surface area (Å²) in [4.78, 5) is 17.4. The van der Waals surface area contributed by atoms with E-state index in [0.717, 1.165) is 5.56 Å². The summed E-state index contributed by atoms with van der Waals surface area (Å²) in [6.07, 6.45) is 3.22. The number of amidine groups is 1. The number of phenols is 1. The molecule has 1 aliphatic rings. The minimum Gasteiger partial charge on any atom is -0.508 e. The molecule has 0 bridgehead atoms. The Morgan fingerprint density at radius 1 is 1.28 bits per heavy atom. The van der Waals surface area contributed by atoms with Gasteiger partial charge in [-0.1, -0.05) is 13.0 Å². The molecule has 1 radical (unpaired) electrons. The normalized spacial score (nSPS) is 14.6. The van der Waals surface area contributed by atoms with Crippen molar-refractivity contribution in [2.75, 3.05) is 16.8 Å². The fourth-order valence-corrected chi connectivity index (χ4v) is 3.05. The minimum absolute atomic E-state index is 0.107. The second-order valence-corrected chi connectivity index (χ2v) is 6.80. The van der Waals surface area contributed by atoms with Crippen LogP contribution in [-0.2, 0) is 4.79 Å². The Morgan fingerprint density at radius 3 is 2.69 bits per heavy atom. The molecule has 8 heteroatoms. The molecule has 7 N–H and O–H groups in total. The van der Waals surface area contributed by atoms with Crippen molar-refractivity contribution in [2.45, 2.75) is 26.4 Å². The Kier molecular flexibility index (Phi) is 5.92. The monoisotopic (exact) mass is 395 g/mol. The molecule has 2 unspecified atom stereocenters. The summed E-state index contributed by atoms with van der Waals surface area (Å²) in [6.45, 7) is 3.70. The minimum atomic E-state index is -0.726. The third kappa shape index (κ3) is 4.60. The third-order valence-corrected chi connectivity index (χ3v) is 4.66. The molecule has 29 heavy (non-hydrogen) atoms. The number of hydrogen-bond donors (Lipinski definition) is 5. The van der Waals surface area contributed by atoms with E-state index in [1.54, 1.807) is 49.7 Å². The molecule has 8 nitrogen and oxygen atoms in total. The molecule has 3 rings (SSSR count). The summed E-state index contributed by atoms with van der Waals surface area (Å²) >= 11 is 0. The molecule has 151 valence electrons. The van der Waals surface area contributed by atoms with Crippen molar-refractivity contribution in [3.05, 3.63) is 54.4 Å². The standard InChI is InChI=1S/C21H25N5O3/c1-3-17(29-18-7-5-13(22)10-15(18)23)19(20-24-8-9-25-20)21(28)26-14-6-4-12(2)16(27)11-14/h4-11,17,19,24,27H,3,22-23H2,1-2H3,(H,26,28)/q+1. The summed E-state index contributed by atoms with van der Waals surface area (Å²) < 4.78 is 6.09. The number of amides is 1. The molecule has 1 amide bonds. The number of phenolic OH excluding ortho intramolecular Hbond substituents is 1. The number of anilines is 3. The summed E-state index contributed by atoms with van der Waals surface area (Å²) in [5.74, 6) is -0.0159. The van der Waals surface area contributed by atoms with E-state index < -0.39 is 12.0 Å². The number of benzene rings is 2. The highest BCUT2D eigenvalue weighted by Crippen LogP contribution is 2.28. The lowest BCUT2D eigenvalue weighted by Crippen LogP contribution is -2.46. The van der Waals surface area contributed by atoms with Crippen LogP contribution >= 0.6 is 0 Å². The van der Waals surface area contributed by atoms with Crippen LogP contribution in [0.2, 0.25) is 0 Å². The van der Waals surface area contributed by atoms with E-state index in [1.165, 1.54) is 6.07 Å². The lowest BCUT2D eigenvalue weighted by molar-refractivity contribution is -0.120. The molecular formula is C21H25N5O3+. The first-order valence-corrected chi connectivity index (χ1v) is 9.30. The van der Waals surface area contributed by atoms with Crippen LogP contribution in [0.1, 0.15) is 18.9 Å². The largest absolute Gasteiger partial charge is 0.508 e. The van der Waals surface area contributed by atoms with Gasteiger partial charge in [0.15, 0.2) is 12.1 Å². The number of aromatic hydroxyl groups is 1. The SMILES string of the molecule is CCC(Oc1ccc(N)cc1N)C(C(=O)Nc1ccc(C)c(O)c1)C1=[N+]C=CN1. The van der Waals surface area contributed by atoms with Crippen molar-refractivity contribution in [1.82, 2.24) is 10.3 Å². The second kappa shape index (κ2) is 8.55. The lowest BCUT2D eigenvalue weighted by Gasteiger charge is -2.24. The zero-order valence-corrected chi connectivity index (χ0v) is 16.3. The average molecular weight is 395 g/mol. The topological polar surface area (TPSA) is 137 Å². The van der Waals surface area contributed by atoms with E-state index in [1.807, 2.05) is 6.92 Å².